The molecule has 0 spiro atoms. The van der Waals surface area contributed by atoms with Crippen LogP contribution in [-0.4, -0.2) is 21.6 Å². The van der Waals surface area contributed by atoms with Crippen LogP contribution in [0.5, 0.6) is 0 Å². The molecule has 1 heterocycles. The smallest absolute Gasteiger partial charge is 0.170 e. The lowest BCUT2D eigenvalue weighted by molar-refractivity contribution is 0.480. The summed E-state index contributed by atoms with van der Waals surface area (Å²) in [7, 11) is 0. The van der Waals surface area contributed by atoms with E-state index >= 15 is 0 Å². The predicted molar refractivity (Wildman–Crippen MR) is 53.0 cm³/mol. The van der Waals surface area contributed by atoms with Crippen molar-refractivity contribution in [2.45, 2.75) is 6.54 Å². The number of nitrogens with one attached hydrogen (secondary N) is 1. The van der Waals surface area contributed by atoms with Crippen molar-refractivity contribution in [2.75, 3.05) is 13.1 Å². The quantitative estimate of drug-likeness (QED) is 0.741. The van der Waals surface area contributed by atoms with Crippen LogP contribution in [0.25, 0.3) is 0 Å². The van der Waals surface area contributed by atoms with Gasteiger partial charge in [0.25, 0.3) is 0 Å². The fourth-order valence-electron chi connectivity index (χ4n) is 1.36. The minimum absolute atomic E-state index is 0.764. The summed E-state index contributed by atoms with van der Waals surface area (Å²) in [4.78, 5) is 0. The molecule has 13 heavy (non-hydrogen) atoms. The molecule has 1 aliphatic rings. The lowest BCUT2D eigenvalue weighted by atomic mass is 10.2. The zero-order valence-corrected chi connectivity index (χ0v) is 8.09. The lowest BCUT2D eigenvalue weighted by Crippen LogP contribution is -2.22. The van der Waals surface area contributed by atoms with Crippen molar-refractivity contribution in [1.29, 1.82) is 0 Å². The summed E-state index contributed by atoms with van der Waals surface area (Å²) in [6.45, 7) is 2.45. The molecule has 0 amide bonds. The highest BCUT2D eigenvalue weighted by Crippen LogP contribution is 2.07. The third-order valence-electron chi connectivity index (χ3n) is 2.02. The van der Waals surface area contributed by atoms with Crippen LogP contribution in [0, 0.1) is 0 Å². The summed E-state index contributed by atoms with van der Waals surface area (Å²) in [5, 5.41) is 0. The Bertz CT molecular complexity index is 302. The maximum atomic E-state index is 11.3. The van der Waals surface area contributed by atoms with Crippen LogP contribution < -0.4 is 4.72 Å². The minimum Gasteiger partial charge on any atom is -0.225 e. The van der Waals surface area contributed by atoms with Gasteiger partial charge in [-0.3, -0.25) is 0 Å². The Labute approximate surface area is 80.5 Å². The van der Waals surface area contributed by atoms with Gasteiger partial charge in [0.05, 0.1) is 0 Å². The third kappa shape index (κ3) is 2.15. The van der Waals surface area contributed by atoms with E-state index in [4.69, 9.17) is 0 Å². The zero-order chi connectivity index (χ0) is 9.10. The number of hydrogen-bond acceptors (Lipinski definition) is 1. The fraction of sp³-hybridized carbons (Fsp3) is 0.333. The van der Waals surface area contributed by atoms with E-state index in [1.807, 2.05) is 22.5 Å². The van der Waals surface area contributed by atoms with Gasteiger partial charge in [-0.1, -0.05) is 30.3 Å². The van der Waals surface area contributed by atoms with Crippen LogP contribution in [0.3, 0.4) is 0 Å². The first kappa shape index (κ1) is 8.87. The average Bonchev–Trinajstić information content (AvgIpc) is 2.54. The van der Waals surface area contributed by atoms with Crippen LogP contribution >= 0.6 is 0 Å². The first-order valence-electron chi connectivity index (χ1n) is 4.30. The van der Waals surface area contributed by atoms with Gasteiger partial charge in [0.2, 0.25) is 0 Å². The summed E-state index contributed by atoms with van der Waals surface area (Å²) >= 11 is -0.978. The highest BCUT2D eigenvalue weighted by atomic mass is 32.2. The molecule has 2 rings (SSSR count). The molecule has 1 aromatic rings. The van der Waals surface area contributed by atoms with Crippen LogP contribution in [0.2, 0.25) is 0 Å². The predicted octanol–water partition coefficient (Wildman–Crippen LogP) is 0.670. The molecular weight excluding hydrogens is 184 g/mol. The van der Waals surface area contributed by atoms with Crippen molar-refractivity contribution in [3.8, 4) is 0 Å². The molecule has 4 heteroatoms. The standard InChI is InChI=1S/C9H12N2OS/c12-13-10-6-7-11(13)8-9-4-2-1-3-5-9/h1-5,10H,6-8H2. The second-order valence-electron chi connectivity index (χ2n) is 2.99. The Morgan fingerprint density at radius 3 is 2.77 bits per heavy atom. The summed E-state index contributed by atoms with van der Waals surface area (Å²) in [6.07, 6.45) is 0. The molecule has 1 fully saturated rings. The van der Waals surface area contributed by atoms with Gasteiger partial charge in [0.15, 0.2) is 11.2 Å². The van der Waals surface area contributed by atoms with Crippen molar-refractivity contribution in [3.63, 3.8) is 0 Å². The van der Waals surface area contributed by atoms with Crippen LogP contribution in [0.4, 0.5) is 0 Å². The van der Waals surface area contributed by atoms with Gasteiger partial charge in [-0.15, -0.1) is 0 Å². The molecule has 1 unspecified atom stereocenters. The van der Waals surface area contributed by atoms with E-state index in [1.54, 1.807) is 0 Å². The van der Waals surface area contributed by atoms with Crippen LogP contribution in [-0.2, 0) is 17.7 Å². The van der Waals surface area contributed by atoms with Gasteiger partial charge in [-0.25, -0.2) is 13.2 Å². The van der Waals surface area contributed by atoms with Crippen molar-refractivity contribution in [1.82, 2.24) is 9.03 Å². The second kappa shape index (κ2) is 4.00. The van der Waals surface area contributed by atoms with E-state index in [0.717, 1.165) is 19.6 Å². The van der Waals surface area contributed by atoms with Crippen LogP contribution in [0.1, 0.15) is 5.56 Å². The molecule has 0 radical (unpaired) electrons. The normalized spacial score (nSPS) is 23.5. The van der Waals surface area contributed by atoms with Gasteiger partial charge in [-0.05, 0) is 5.56 Å². The largest absolute Gasteiger partial charge is 0.225 e. The highest BCUT2D eigenvalue weighted by Gasteiger charge is 2.18. The van der Waals surface area contributed by atoms with Crippen molar-refractivity contribution in [2.24, 2.45) is 0 Å². The van der Waals surface area contributed by atoms with E-state index in [9.17, 15) is 4.21 Å². The van der Waals surface area contributed by atoms with E-state index in [-0.39, 0.29) is 0 Å². The molecule has 0 bridgehead atoms. The molecular formula is C9H12N2OS. The molecule has 3 nitrogen and oxygen atoms in total. The highest BCUT2D eigenvalue weighted by molar-refractivity contribution is 7.80. The van der Waals surface area contributed by atoms with E-state index in [0.29, 0.717) is 0 Å². The third-order valence-corrected chi connectivity index (χ3v) is 3.25. The molecule has 1 aliphatic heterocycles. The Balaban J connectivity index is 2.02. The lowest BCUT2D eigenvalue weighted by Gasteiger charge is -2.11. The summed E-state index contributed by atoms with van der Waals surface area (Å²) in [5.41, 5.74) is 1.21. The Hall–Kier alpha value is -0.710. The SMILES string of the molecule is O=S1NCCN1Cc1ccccc1. The average molecular weight is 196 g/mol. The monoisotopic (exact) mass is 196 g/mol. The molecule has 1 aromatic carbocycles. The molecule has 0 aliphatic carbocycles. The van der Waals surface area contributed by atoms with Gasteiger partial charge >= 0.3 is 0 Å². The van der Waals surface area contributed by atoms with Crippen molar-refractivity contribution >= 4 is 11.2 Å². The molecule has 70 valence electrons. The Morgan fingerprint density at radius 1 is 1.38 bits per heavy atom. The maximum absolute atomic E-state index is 11.3. The number of nitrogens with zero attached hydrogens (tertiary/aromatic N) is 1. The molecule has 0 saturated carbocycles. The van der Waals surface area contributed by atoms with Gasteiger partial charge < -0.3 is 0 Å². The summed E-state index contributed by atoms with van der Waals surface area (Å²) in [5.74, 6) is 0. The van der Waals surface area contributed by atoms with Gasteiger partial charge in [0, 0.05) is 19.6 Å². The van der Waals surface area contributed by atoms with E-state index in [2.05, 4.69) is 16.9 Å². The zero-order valence-electron chi connectivity index (χ0n) is 7.27. The van der Waals surface area contributed by atoms with Gasteiger partial charge in [-0.2, -0.15) is 0 Å². The first-order valence-corrected chi connectivity index (χ1v) is 5.41. The summed E-state index contributed by atoms with van der Waals surface area (Å²) < 4.78 is 16.1. The Morgan fingerprint density at radius 2 is 2.15 bits per heavy atom. The number of rotatable bonds is 2. The van der Waals surface area contributed by atoms with Crippen molar-refractivity contribution in [3.05, 3.63) is 35.9 Å². The molecule has 1 saturated heterocycles. The van der Waals surface area contributed by atoms with Gasteiger partial charge in [0.1, 0.15) is 0 Å². The second-order valence-corrected chi connectivity index (χ2v) is 4.30. The van der Waals surface area contributed by atoms with Crippen LogP contribution in [0.15, 0.2) is 30.3 Å². The maximum Gasteiger partial charge on any atom is 0.170 e. The Kier molecular flexibility index (Phi) is 2.73. The number of benzene rings is 1. The van der Waals surface area contributed by atoms with Crippen molar-refractivity contribution < 1.29 is 4.21 Å². The fourth-order valence-corrected chi connectivity index (χ4v) is 2.33. The molecule has 1 atom stereocenters. The molecule has 1 N–H and O–H groups in total. The first-order chi connectivity index (χ1) is 6.36. The van der Waals surface area contributed by atoms with E-state index in [1.165, 1.54) is 5.56 Å². The molecule has 0 aromatic heterocycles. The minimum atomic E-state index is -0.978. The summed E-state index contributed by atoms with van der Waals surface area (Å²) in [6, 6.07) is 10.1. The number of hydrogen-bond donors (Lipinski definition) is 1. The topological polar surface area (TPSA) is 32.3 Å². The van der Waals surface area contributed by atoms with E-state index < -0.39 is 11.2 Å².